The van der Waals surface area contributed by atoms with Crippen LogP contribution >= 0.6 is 11.6 Å². The summed E-state index contributed by atoms with van der Waals surface area (Å²) in [7, 11) is 0. The second kappa shape index (κ2) is 8.42. The second-order valence-corrected chi connectivity index (χ2v) is 7.06. The number of carbonyl (C=O) groups excluding carboxylic acids is 2. The Balaban J connectivity index is 1.54. The quantitative estimate of drug-likeness (QED) is 0.614. The molecule has 0 spiro atoms. The highest BCUT2D eigenvalue weighted by molar-refractivity contribution is 6.30. The molecule has 2 N–H and O–H groups in total. The Bertz CT molecular complexity index is 1110. The number of rotatable bonds is 4. The molecule has 0 fully saturated rings. The van der Waals surface area contributed by atoms with E-state index in [1.807, 2.05) is 0 Å². The van der Waals surface area contributed by atoms with Gasteiger partial charge >= 0.3 is 6.03 Å². The summed E-state index contributed by atoms with van der Waals surface area (Å²) in [6.45, 7) is -0.0758. The Morgan fingerprint density at radius 2 is 1.73 bits per heavy atom. The van der Waals surface area contributed by atoms with Crippen LogP contribution in [0.3, 0.4) is 0 Å². The first-order valence-electron chi connectivity index (χ1n) is 9.14. The van der Waals surface area contributed by atoms with E-state index >= 15 is 0 Å². The molecule has 4 rings (SSSR count). The number of anilines is 3. The van der Waals surface area contributed by atoms with Crippen LogP contribution in [0.25, 0.3) is 0 Å². The summed E-state index contributed by atoms with van der Waals surface area (Å²) >= 11 is 5.84. The minimum Gasteiger partial charge on any atom is -0.482 e. The van der Waals surface area contributed by atoms with E-state index in [9.17, 15) is 14.0 Å². The molecular weight excluding hydrogens is 409 g/mol. The standard InChI is InChI=1S/C22H17ClFN3O3/c23-15-5-7-16(8-6-15)25-22(29)26-17-9-10-20-19(11-17)27(21(28)13-30-20)12-14-3-1-2-4-18(14)24/h1-11H,12-13H2,(H2,25,26,29). The minimum absolute atomic E-state index is 0.0578. The van der Waals surface area contributed by atoms with E-state index in [1.54, 1.807) is 60.7 Å². The predicted molar refractivity (Wildman–Crippen MR) is 114 cm³/mol. The highest BCUT2D eigenvalue weighted by atomic mass is 35.5. The van der Waals surface area contributed by atoms with Crippen LogP contribution in [0, 0.1) is 5.82 Å². The first kappa shape index (κ1) is 19.7. The Morgan fingerprint density at radius 1 is 1.03 bits per heavy atom. The number of urea groups is 1. The van der Waals surface area contributed by atoms with Crippen molar-refractivity contribution in [3.8, 4) is 5.75 Å². The number of halogens is 2. The van der Waals surface area contributed by atoms with Crippen molar-refractivity contribution < 1.29 is 18.7 Å². The molecule has 0 saturated heterocycles. The number of hydrogen-bond donors (Lipinski definition) is 2. The third-order valence-electron chi connectivity index (χ3n) is 4.55. The number of carbonyl (C=O) groups is 2. The maximum Gasteiger partial charge on any atom is 0.323 e. The summed E-state index contributed by atoms with van der Waals surface area (Å²) in [6.07, 6.45) is 0. The highest BCUT2D eigenvalue weighted by Crippen LogP contribution is 2.35. The maximum atomic E-state index is 14.1. The third kappa shape index (κ3) is 4.36. The van der Waals surface area contributed by atoms with E-state index in [0.717, 1.165) is 0 Å². The average molecular weight is 426 g/mol. The van der Waals surface area contributed by atoms with Crippen LogP contribution in [0.15, 0.2) is 66.7 Å². The molecular formula is C22H17ClFN3O3. The lowest BCUT2D eigenvalue weighted by molar-refractivity contribution is -0.121. The summed E-state index contributed by atoms with van der Waals surface area (Å²) in [4.78, 5) is 26.2. The molecule has 0 atom stereocenters. The summed E-state index contributed by atoms with van der Waals surface area (Å²) < 4.78 is 19.6. The molecule has 0 radical (unpaired) electrons. The summed E-state index contributed by atoms with van der Waals surface area (Å²) in [5.74, 6) is -0.210. The molecule has 3 aromatic rings. The zero-order chi connectivity index (χ0) is 21.1. The molecule has 1 aliphatic heterocycles. The first-order valence-corrected chi connectivity index (χ1v) is 9.51. The van der Waals surface area contributed by atoms with Gasteiger partial charge in [0.05, 0.1) is 12.2 Å². The van der Waals surface area contributed by atoms with Gasteiger partial charge in [-0.05, 0) is 48.5 Å². The van der Waals surface area contributed by atoms with Crippen molar-refractivity contribution in [2.45, 2.75) is 6.54 Å². The summed E-state index contributed by atoms with van der Waals surface area (Å²) in [5.41, 5.74) is 1.88. The Morgan fingerprint density at radius 3 is 2.50 bits per heavy atom. The number of benzene rings is 3. The van der Waals surface area contributed by atoms with Crippen LogP contribution in [0.4, 0.5) is 26.2 Å². The van der Waals surface area contributed by atoms with Crippen molar-refractivity contribution in [2.24, 2.45) is 0 Å². The van der Waals surface area contributed by atoms with Gasteiger partial charge in [-0.1, -0.05) is 29.8 Å². The molecule has 0 aromatic heterocycles. The molecule has 0 saturated carbocycles. The lowest BCUT2D eigenvalue weighted by Gasteiger charge is -2.30. The van der Waals surface area contributed by atoms with Gasteiger partial charge < -0.3 is 20.3 Å². The number of fused-ring (bicyclic) bond motifs is 1. The molecule has 3 amide bonds. The van der Waals surface area contributed by atoms with Crippen LogP contribution < -0.4 is 20.3 Å². The molecule has 1 aliphatic rings. The van der Waals surface area contributed by atoms with Crippen molar-refractivity contribution in [3.05, 3.63) is 83.1 Å². The maximum absolute atomic E-state index is 14.1. The lowest BCUT2D eigenvalue weighted by atomic mass is 10.1. The number of nitrogens with zero attached hydrogens (tertiary/aromatic N) is 1. The second-order valence-electron chi connectivity index (χ2n) is 6.63. The van der Waals surface area contributed by atoms with Crippen molar-refractivity contribution in [2.75, 3.05) is 22.1 Å². The van der Waals surface area contributed by atoms with Gasteiger partial charge in [-0.15, -0.1) is 0 Å². The smallest absolute Gasteiger partial charge is 0.323 e. The largest absolute Gasteiger partial charge is 0.482 e. The van der Waals surface area contributed by atoms with Gasteiger partial charge in [-0.25, -0.2) is 9.18 Å². The van der Waals surface area contributed by atoms with Gasteiger partial charge in [-0.3, -0.25) is 4.79 Å². The normalized spacial score (nSPS) is 12.7. The molecule has 30 heavy (non-hydrogen) atoms. The van der Waals surface area contributed by atoms with Gasteiger partial charge in [0, 0.05) is 22.0 Å². The van der Waals surface area contributed by atoms with Gasteiger partial charge in [0.2, 0.25) is 0 Å². The molecule has 6 nitrogen and oxygen atoms in total. The van der Waals surface area contributed by atoms with E-state index < -0.39 is 11.8 Å². The Hall–Kier alpha value is -3.58. The molecule has 0 unspecified atom stereocenters. The van der Waals surface area contributed by atoms with Crippen molar-refractivity contribution in [1.82, 2.24) is 0 Å². The molecule has 8 heteroatoms. The third-order valence-corrected chi connectivity index (χ3v) is 4.80. The van der Waals surface area contributed by atoms with Crippen LogP contribution in [0.1, 0.15) is 5.56 Å². The number of amides is 3. The molecule has 3 aromatic carbocycles. The van der Waals surface area contributed by atoms with Crippen LogP contribution in [-0.2, 0) is 11.3 Å². The van der Waals surface area contributed by atoms with Crippen molar-refractivity contribution in [3.63, 3.8) is 0 Å². The van der Waals surface area contributed by atoms with Crippen LogP contribution in [0.5, 0.6) is 5.75 Å². The lowest BCUT2D eigenvalue weighted by Crippen LogP contribution is -2.38. The fourth-order valence-corrected chi connectivity index (χ4v) is 3.20. The summed E-state index contributed by atoms with van der Waals surface area (Å²) in [6, 6.07) is 17.5. The summed E-state index contributed by atoms with van der Waals surface area (Å²) in [5, 5.41) is 5.98. The monoisotopic (exact) mass is 425 g/mol. The first-order chi connectivity index (χ1) is 14.5. The molecule has 0 bridgehead atoms. The zero-order valence-electron chi connectivity index (χ0n) is 15.7. The van der Waals surface area contributed by atoms with Gasteiger partial charge in [0.25, 0.3) is 5.91 Å². The van der Waals surface area contributed by atoms with Crippen LogP contribution in [0.2, 0.25) is 5.02 Å². The fraction of sp³-hybridized carbons (Fsp3) is 0.0909. The number of hydrogen-bond acceptors (Lipinski definition) is 3. The van der Waals surface area contributed by atoms with E-state index in [4.69, 9.17) is 16.3 Å². The predicted octanol–water partition coefficient (Wildman–Crippen LogP) is 5.05. The highest BCUT2D eigenvalue weighted by Gasteiger charge is 2.27. The van der Waals surface area contributed by atoms with E-state index in [2.05, 4.69) is 10.6 Å². The topological polar surface area (TPSA) is 70.7 Å². The Labute approximate surface area is 177 Å². The minimum atomic E-state index is -0.457. The molecule has 0 aliphatic carbocycles. The number of ether oxygens (including phenoxy) is 1. The van der Waals surface area contributed by atoms with Gasteiger partial charge in [0.1, 0.15) is 11.6 Å². The molecule has 1 heterocycles. The fourth-order valence-electron chi connectivity index (χ4n) is 3.08. The zero-order valence-corrected chi connectivity index (χ0v) is 16.4. The van der Waals surface area contributed by atoms with Gasteiger partial charge in [0.15, 0.2) is 6.61 Å². The Kier molecular flexibility index (Phi) is 5.54. The average Bonchev–Trinajstić information content (AvgIpc) is 2.73. The van der Waals surface area contributed by atoms with E-state index in [1.165, 1.54) is 11.0 Å². The van der Waals surface area contributed by atoms with Crippen molar-refractivity contribution >= 4 is 40.6 Å². The SMILES string of the molecule is O=C(Nc1ccc(Cl)cc1)Nc1ccc2c(c1)N(Cc1ccccc1F)C(=O)CO2. The van der Waals surface area contributed by atoms with E-state index in [0.29, 0.717) is 33.4 Å². The van der Waals surface area contributed by atoms with Crippen molar-refractivity contribution in [1.29, 1.82) is 0 Å². The number of nitrogens with one attached hydrogen (secondary N) is 2. The molecule has 152 valence electrons. The van der Waals surface area contributed by atoms with E-state index in [-0.39, 0.29) is 19.1 Å². The van der Waals surface area contributed by atoms with Gasteiger partial charge in [-0.2, -0.15) is 0 Å². The van der Waals surface area contributed by atoms with Crippen LogP contribution in [-0.4, -0.2) is 18.5 Å².